The van der Waals surface area contributed by atoms with Crippen LogP contribution in [0.3, 0.4) is 0 Å². The van der Waals surface area contributed by atoms with Gasteiger partial charge in [0.2, 0.25) is 0 Å². The van der Waals surface area contributed by atoms with Crippen molar-refractivity contribution in [2.45, 2.75) is 0 Å². The van der Waals surface area contributed by atoms with Crippen LogP contribution in [-0.2, 0) is 0 Å². The molecular weight excluding hydrogens is 342 g/mol. The summed E-state index contributed by atoms with van der Waals surface area (Å²) in [6.45, 7) is 0. The third kappa shape index (κ3) is 2.37. The first-order chi connectivity index (χ1) is 12.8. The third-order valence-electron chi connectivity index (χ3n) is 4.64. The molecule has 4 aromatic carbocycles. The summed E-state index contributed by atoms with van der Waals surface area (Å²) < 4.78 is 0. The van der Waals surface area contributed by atoms with Crippen molar-refractivity contribution in [3.8, 4) is 0 Å². The van der Waals surface area contributed by atoms with Gasteiger partial charge in [-0.3, -0.25) is 0 Å². The Morgan fingerprint density at radius 1 is 0.654 bits per heavy atom. The van der Waals surface area contributed by atoms with Crippen LogP contribution in [0.4, 0.5) is 11.4 Å². The molecule has 0 fully saturated rings. The lowest BCUT2D eigenvalue weighted by Crippen LogP contribution is -1.80. The average Bonchev–Trinajstić information content (AvgIpc) is 3.12. The molecule has 26 heavy (non-hydrogen) atoms. The molecule has 0 unspecified atom stereocenters. The first kappa shape index (κ1) is 15.1. The topological polar surface area (TPSA) is 40.5 Å². The van der Waals surface area contributed by atoms with Gasteiger partial charge in [0.25, 0.3) is 0 Å². The van der Waals surface area contributed by atoms with Crippen LogP contribution in [0.15, 0.2) is 89.2 Å². The molecule has 0 amide bonds. The number of rotatable bonds is 2. The van der Waals surface area contributed by atoms with Gasteiger partial charge in [-0.25, -0.2) is 0 Å². The number of aromatic nitrogens is 1. The molecule has 5 rings (SSSR count). The lowest BCUT2D eigenvalue weighted by atomic mass is 9.98. The summed E-state index contributed by atoms with van der Waals surface area (Å²) in [5.74, 6) is 0. The molecule has 1 N–H and O–H groups in total. The molecule has 0 saturated heterocycles. The Hall–Kier alpha value is -3.17. The van der Waals surface area contributed by atoms with E-state index < -0.39 is 0 Å². The minimum atomic E-state index is 0.688. The highest BCUT2D eigenvalue weighted by Crippen LogP contribution is 2.39. The number of halogens is 1. The fourth-order valence-corrected chi connectivity index (χ4v) is 3.59. The number of azo groups is 1. The predicted octanol–water partition coefficient (Wildman–Crippen LogP) is 7.54. The quantitative estimate of drug-likeness (QED) is 0.251. The molecule has 124 valence electrons. The molecule has 3 nitrogen and oxygen atoms in total. The highest BCUT2D eigenvalue weighted by molar-refractivity contribution is 6.30. The Morgan fingerprint density at radius 3 is 2.00 bits per heavy atom. The van der Waals surface area contributed by atoms with E-state index >= 15 is 0 Å². The second-order valence-electron chi connectivity index (χ2n) is 6.19. The molecule has 0 atom stereocenters. The smallest absolute Gasteiger partial charge is 0.112 e. The van der Waals surface area contributed by atoms with Crippen LogP contribution < -0.4 is 0 Å². The SMILES string of the molecule is Clc1ccc(N=Nc2c[nH]c3c4ccccc4c4ccccc4c23)cc1. The van der Waals surface area contributed by atoms with Gasteiger partial charge in [-0.15, -0.1) is 5.11 Å². The maximum Gasteiger partial charge on any atom is 0.112 e. The zero-order valence-corrected chi connectivity index (χ0v) is 14.5. The van der Waals surface area contributed by atoms with Crippen molar-refractivity contribution in [3.05, 3.63) is 84.0 Å². The molecule has 0 radical (unpaired) electrons. The molecule has 1 heterocycles. The van der Waals surface area contributed by atoms with Gasteiger partial charge >= 0.3 is 0 Å². The van der Waals surface area contributed by atoms with Gasteiger partial charge in [0, 0.05) is 22.0 Å². The predicted molar refractivity (Wildman–Crippen MR) is 109 cm³/mol. The summed E-state index contributed by atoms with van der Waals surface area (Å²) in [5.41, 5.74) is 2.69. The number of H-pyrrole nitrogens is 1. The standard InChI is InChI=1S/C22H14ClN3/c23-14-9-11-15(12-10-14)25-26-20-13-24-22-19-8-4-2-6-17(19)16-5-1-3-7-18(16)21(20)22/h1-13,24H. The molecule has 5 aromatic rings. The van der Waals surface area contributed by atoms with Crippen molar-refractivity contribution in [2.24, 2.45) is 10.2 Å². The maximum atomic E-state index is 5.93. The Balaban J connectivity index is 1.78. The monoisotopic (exact) mass is 355 g/mol. The number of benzene rings is 4. The van der Waals surface area contributed by atoms with Crippen molar-refractivity contribution < 1.29 is 0 Å². The number of fused-ring (bicyclic) bond motifs is 6. The lowest BCUT2D eigenvalue weighted by molar-refractivity contribution is 1.24. The highest BCUT2D eigenvalue weighted by Gasteiger charge is 2.12. The van der Waals surface area contributed by atoms with Crippen LogP contribution in [0.25, 0.3) is 32.4 Å². The largest absolute Gasteiger partial charge is 0.359 e. The van der Waals surface area contributed by atoms with Crippen molar-refractivity contribution >= 4 is 55.4 Å². The molecule has 0 aliphatic rings. The summed E-state index contributed by atoms with van der Waals surface area (Å²) >= 11 is 5.93. The Bertz CT molecular complexity index is 1280. The molecular formula is C22H14ClN3. The second-order valence-corrected chi connectivity index (χ2v) is 6.63. The van der Waals surface area contributed by atoms with Gasteiger partial charge in [-0.05, 0) is 40.4 Å². The van der Waals surface area contributed by atoms with E-state index in [0.717, 1.165) is 22.3 Å². The van der Waals surface area contributed by atoms with E-state index in [9.17, 15) is 0 Å². The summed E-state index contributed by atoms with van der Waals surface area (Å²) in [7, 11) is 0. The van der Waals surface area contributed by atoms with Crippen LogP contribution in [-0.4, -0.2) is 4.98 Å². The zero-order valence-electron chi connectivity index (χ0n) is 13.8. The van der Waals surface area contributed by atoms with E-state index in [2.05, 4.69) is 63.7 Å². The van der Waals surface area contributed by atoms with E-state index in [-0.39, 0.29) is 0 Å². The number of nitrogens with one attached hydrogen (secondary N) is 1. The van der Waals surface area contributed by atoms with E-state index in [4.69, 9.17) is 11.6 Å². The van der Waals surface area contributed by atoms with Crippen LogP contribution >= 0.6 is 11.6 Å². The summed E-state index contributed by atoms with van der Waals surface area (Å²) in [4.78, 5) is 3.39. The first-order valence-electron chi connectivity index (χ1n) is 8.39. The molecule has 4 heteroatoms. The highest BCUT2D eigenvalue weighted by atomic mass is 35.5. The van der Waals surface area contributed by atoms with E-state index in [1.807, 2.05) is 30.5 Å². The van der Waals surface area contributed by atoms with Gasteiger partial charge in [0.05, 0.1) is 11.2 Å². The zero-order chi connectivity index (χ0) is 17.5. The molecule has 0 spiro atoms. The maximum absolute atomic E-state index is 5.93. The van der Waals surface area contributed by atoms with Gasteiger partial charge in [0.15, 0.2) is 0 Å². The third-order valence-corrected chi connectivity index (χ3v) is 4.89. The Kier molecular flexibility index (Phi) is 3.47. The van der Waals surface area contributed by atoms with Crippen molar-refractivity contribution in [1.29, 1.82) is 0 Å². The summed E-state index contributed by atoms with van der Waals surface area (Å²) in [6, 6.07) is 24.2. The van der Waals surface area contributed by atoms with Gasteiger partial charge in [-0.2, -0.15) is 5.11 Å². The fraction of sp³-hybridized carbons (Fsp3) is 0. The van der Waals surface area contributed by atoms with E-state index in [1.165, 1.54) is 21.5 Å². The molecule has 0 aliphatic carbocycles. The van der Waals surface area contributed by atoms with Crippen LogP contribution in [0, 0.1) is 0 Å². The van der Waals surface area contributed by atoms with Gasteiger partial charge in [0.1, 0.15) is 5.69 Å². The first-order valence-corrected chi connectivity index (χ1v) is 8.77. The number of aromatic amines is 1. The Morgan fingerprint density at radius 2 is 1.27 bits per heavy atom. The number of nitrogens with zero attached hydrogens (tertiary/aromatic N) is 2. The molecule has 0 bridgehead atoms. The van der Waals surface area contributed by atoms with Gasteiger partial charge < -0.3 is 4.98 Å². The molecule has 1 aromatic heterocycles. The second kappa shape index (κ2) is 5.97. The van der Waals surface area contributed by atoms with Crippen LogP contribution in [0.2, 0.25) is 5.02 Å². The summed E-state index contributed by atoms with van der Waals surface area (Å²) in [6.07, 6.45) is 1.92. The molecule has 0 aliphatic heterocycles. The van der Waals surface area contributed by atoms with Crippen molar-refractivity contribution in [1.82, 2.24) is 4.98 Å². The summed E-state index contributed by atoms with van der Waals surface area (Å²) in [5, 5.41) is 15.5. The number of hydrogen-bond acceptors (Lipinski definition) is 2. The van der Waals surface area contributed by atoms with Crippen LogP contribution in [0.5, 0.6) is 0 Å². The lowest BCUT2D eigenvalue weighted by Gasteiger charge is -2.07. The fourth-order valence-electron chi connectivity index (χ4n) is 3.47. The normalized spacial score (nSPS) is 11.9. The van der Waals surface area contributed by atoms with Crippen molar-refractivity contribution in [2.75, 3.05) is 0 Å². The van der Waals surface area contributed by atoms with Crippen molar-refractivity contribution in [3.63, 3.8) is 0 Å². The van der Waals surface area contributed by atoms with Gasteiger partial charge in [-0.1, -0.05) is 60.1 Å². The minimum absolute atomic E-state index is 0.688. The number of hydrogen-bond donors (Lipinski definition) is 1. The van der Waals surface area contributed by atoms with Crippen LogP contribution in [0.1, 0.15) is 0 Å². The minimum Gasteiger partial charge on any atom is -0.359 e. The Labute approximate surface area is 154 Å². The van der Waals surface area contributed by atoms with E-state index in [1.54, 1.807) is 0 Å². The average molecular weight is 356 g/mol. The van der Waals surface area contributed by atoms with E-state index in [0.29, 0.717) is 5.02 Å². The molecule has 0 saturated carbocycles.